The molecule has 2 N–H and O–H groups in total. The number of hydrogen-bond acceptors (Lipinski definition) is 5. The monoisotopic (exact) mass is 372 g/mol. The molecule has 1 aromatic heterocycles. The van der Waals surface area contributed by atoms with Gasteiger partial charge in [-0.1, -0.05) is 17.3 Å². The lowest BCUT2D eigenvalue weighted by atomic mass is 10.1. The third-order valence-electron chi connectivity index (χ3n) is 4.39. The van der Waals surface area contributed by atoms with Crippen molar-refractivity contribution in [2.75, 3.05) is 31.9 Å². The summed E-state index contributed by atoms with van der Waals surface area (Å²) in [5.74, 6) is 0.944. The molecular weight excluding hydrogens is 347 g/mol. The number of nitrogens with zero attached hydrogens (tertiary/aromatic N) is 3. The number of benzene rings is 1. The summed E-state index contributed by atoms with van der Waals surface area (Å²) in [4.78, 5) is 4.96. The highest BCUT2D eigenvalue weighted by atomic mass is 35.5. The van der Waals surface area contributed by atoms with E-state index in [4.69, 9.17) is 10.3 Å². The van der Waals surface area contributed by atoms with Crippen LogP contribution in [-0.2, 0) is 13.1 Å². The summed E-state index contributed by atoms with van der Waals surface area (Å²) < 4.78 is 5.25. The maximum atomic E-state index is 5.85. The van der Waals surface area contributed by atoms with Crippen molar-refractivity contribution < 1.29 is 4.52 Å². The van der Waals surface area contributed by atoms with E-state index in [9.17, 15) is 0 Å². The van der Waals surface area contributed by atoms with Crippen molar-refractivity contribution in [1.29, 1.82) is 0 Å². The summed E-state index contributed by atoms with van der Waals surface area (Å²) in [7, 11) is 0. The third kappa shape index (κ3) is 5.11. The molecule has 1 fully saturated rings. The fourth-order valence-electron chi connectivity index (χ4n) is 3.01. The SMILES string of the molecule is Cc1noc(C)c1CN1CCN(Cc2cccc(N)c2)CC1.Cl.Cl. The van der Waals surface area contributed by atoms with Gasteiger partial charge in [0.05, 0.1) is 5.69 Å². The first-order chi connectivity index (χ1) is 10.6. The molecule has 2 heterocycles. The molecule has 0 bridgehead atoms. The van der Waals surface area contributed by atoms with Gasteiger partial charge in [-0.3, -0.25) is 9.80 Å². The predicted molar refractivity (Wildman–Crippen MR) is 102 cm³/mol. The lowest BCUT2D eigenvalue weighted by Gasteiger charge is -2.34. The number of hydrogen-bond donors (Lipinski definition) is 1. The molecule has 1 aliphatic heterocycles. The van der Waals surface area contributed by atoms with Gasteiger partial charge in [0.25, 0.3) is 0 Å². The van der Waals surface area contributed by atoms with Crippen LogP contribution in [0.15, 0.2) is 28.8 Å². The fraction of sp³-hybridized carbons (Fsp3) is 0.471. The molecule has 3 rings (SSSR count). The summed E-state index contributed by atoms with van der Waals surface area (Å²) in [6, 6.07) is 8.17. The van der Waals surface area contributed by atoms with Crippen molar-refractivity contribution >= 4 is 30.5 Å². The van der Waals surface area contributed by atoms with Crippen LogP contribution in [0.1, 0.15) is 22.6 Å². The van der Waals surface area contributed by atoms with E-state index in [0.29, 0.717) is 0 Å². The Kier molecular flexibility index (Phi) is 8.03. The highest BCUT2D eigenvalue weighted by molar-refractivity contribution is 5.85. The normalized spacial score (nSPS) is 15.6. The molecule has 7 heteroatoms. The van der Waals surface area contributed by atoms with E-state index in [1.54, 1.807) is 0 Å². The van der Waals surface area contributed by atoms with Crippen molar-refractivity contribution in [3.05, 3.63) is 46.8 Å². The van der Waals surface area contributed by atoms with Crippen LogP contribution in [0.5, 0.6) is 0 Å². The molecule has 134 valence electrons. The molecule has 2 aromatic rings. The van der Waals surface area contributed by atoms with Gasteiger partial charge in [0, 0.05) is 50.5 Å². The molecule has 5 nitrogen and oxygen atoms in total. The topological polar surface area (TPSA) is 58.5 Å². The summed E-state index contributed by atoms with van der Waals surface area (Å²) in [5, 5.41) is 4.04. The Morgan fingerprint density at radius 3 is 2.21 bits per heavy atom. The maximum Gasteiger partial charge on any atom is 0.138 e. The molecule has 0 radical (unpaired) electrons. The van der Waals surface area contributed by atoms with Gasteiger partial charge in [-0.2, -0.15) is 0 Å². The Hall–Kier alpha value is -1.27. The maximum absolute atomic E-state index is 5.85. The quantitative estimate of drug-likeness (QED) is 0.835. The summed E-state index contributed by atoms with van der Waals surface area (Å²) in [6.07, 6.45) is 0. The number of rotatable bonds is 4. The highest BCUT2D eigenvalue weighted by Crippen LogP contribution is 2.17. The lowest BCUT2D eigenvalue weighted by molar-refractivity contribution is 0.121. The first-order valence-electron chi connectivity index (χ1n) is 7.82. The minimum atomic E-state index is 0. The summed E-state index contributed by atoms with van der Waals surface area (Å²) in [6.45, 7) is 10.2. The van der Waals surface area contributed by atoms with E-state index < -0.39 is 0 Å². The zero-order valence-corrected chi connectivity index (χ0v) is 15.8. The van der Waals surface area contributed by atoms with Gasteiger partial charge in [0.1, 0.15) is 5.76 Å². The van der Waals surface area contributed by atoms with Crippen molar-refractivity contribution in [2.45, 2.75) is 26.9 Å². The standard InChI is InChI=1S/C17H24N4O.2ClH/c1-13-17(14(2)22-19-13)12-21-8-6-20(7-9-21)11-15-4-3-5-16(18)10-15;;/h3-5,10H,6-9,11-12,18H2,1-2H3;2*1H. The van der Waals surface area contributed by atoms with Crippen LogP contribution in [-0.4, -0.2) is 41.1 Å². The Morgan fingerprint density at radius 2 is 1.67 bits per heavy atom. The van der Waals surface area contributed by atoms with Gasteiger partial charge >= 0.3 is 0 Å². The molecule has 24 heavy (non-hydrogen) atoms. The molecular formula is C17H26Cl2N4O. The summed E-state index contributed by atoms with van der Waals surface area (Å²) >= 11 is 0. The van der Waals surface area contributed by atoms with Gasteiger partial charge in [0.2, 0.25) is 0 Å². The van der Waals surface area contributed by atoms with Crippen LogP contribution in [0.3, 0.4) is 0 Å². The molecule has 0 unspecified atom stereocenters. The van der Waals surface area contributed by atoms with Crippen LogP contribution < -0.4 is 5.73 Å². The number of nitrogens with two attached hydrogens (primary N) is 1. The van der Waals surface area contributed by atoms with Gasteiger partial charge < -0.3 is 10.3 Å². The highest BCUT2D eigenvalue weighted by Gasteiger charge is 2.19. The number of piperazine rings is 1. The molecule has 0 saturated carbocycles. The lowest BCUT2D eigenvalue weighted by Crippen LogP contribution is -2.45. The van der Waals surface area contributed by atoms with Crippen LogP contribution in [0, 0.1) is 13.8 Å². The van der Waals surface area contributed by atoms with Crippen molar-refractivity contribution in [3.63, 3.8) is 0 Å². The van der Waals surface area contributed by atoms with Gasteiger partial charge in [-0.25, -0.2) is 0 Å². The molecule has 1 aliphatic rings. The van der Waals surface area contributed by atoms with Crippen molar-refractivity contribution in [1.82, 2.24) is 15.0 Å². The molecule has 0 amide bonds. The average molecular weight is 373 g/mol. The minimum Gasteiger partial charge on any atom is -0.399 e. The zero-order valence-electron chi connectivity index (χ0n) is 14.2. The van der Waals surface area contributed by atoms with E-state index in [-0.39, 0.29) is 24.8 Å². The predicted octanol–water partition coefficient (Wildman–Crippen LogP) is 3.04. The van der Waals surface area contributed by atoms with Gasteiger partial charge in [0.15, 0.2) is 0 Å². The molecule has 0 spiro atoms. The number of aryl methyl sites for hydroxylation is 2. The largest absolute Gasteiger partial charge is 0.399 e. The van der Waals surface area contributed by atoms with E-state index in [1.165, 1.54) is 11.1 Å². The minimum absolute atomic E-state index is 0. The summed E-state index contributed by atoms with van der Waals surface area (Å²) in [5.41, 5.74) is 10.2. The second-order valence-electron chi connectivity index (χ2n) is 6.10. The van der Waals surface area contributed by atoms with Crippen LogP contribution in [0.2, 0.25) is 0 Å². The number of aromatic nitrogens is 1. The first kappa shape index (κ1) is 20.8. The average Bonchev–Trinajstić information content (AvgIpc) is 2.81. The Labute approximate surface area is 156 Å². The molecule has 0 atom stereocenters. The van der Waals surface area contributed by atoms with Crippen LogP contribution in [0.4, 0.5) is 5.69 Å². The zero-order chi connectivity index (χ0) is 15.5. The number of anilines is 1. The second kappa shape index (κ2) is 9.28. The van der Waals surface area contributed by atoms with E-state index in [2.05, 4.69) is 27.1 Å². The second-order valence-corrected chi connectivity index (χ2v) is 6.10. The van der Waals surface area contributed by atoms with Crippen molar-refractivity contribution in [2.24, 2.45) is 0 Å². The number of nitrogen functional groups attached to an aromatic ring is 1. The molecule has 1 aromatic carbocycles. The van der Waals surface area contributed by atoms with Gasteiger partial charge in [-0.05, 0) is 31.5 Å². The number of halogens is 2. The molecule has 1 saturated heterocycles. The van der Waals surface area contributed by atoms with Crippen LogP contribution in [0.25, 0.3) is 0 Å². The van der Waals surface area contributed by atoms with Crippen molar-refractivity contribution in [3.8, 4) is 0 Å². The van der Waals surface area contributed by atoms with E-state index in [0.717, 1.165) is 56.4 Å². The van der Waals surface area contributed by atoms with E-state index >= 15 is 0 Å². The first-order valence-corrected chi connectivity index (χ1v) is 7.82. The third-order valence-corrected chi connectivity index (χ3v) is 4.39. The smallest absolute Gasteiger partial charge is 0.138 e. The van der Waals surface area contributed by atoms with Gasteiger partial charge in [-0.15, -0.1) is 24.8 Å². The Balaban J connectivity index is 0.00000144. The molecule has 0 aliphatic carbocycles. The Bertz CT molecular complexity index is 620. The fourth-order valence-corrected chi connectivity index (χ4v) is 3.01. The van der Waals surface area contributed by atoms with Crippen LogP contribution >= 0.6 is 24.8 Å². The van der Waals surface area contributed by atoms with E-state index in [1.807, 2.05) is 26.0 Å². The Morgan fingerprint density at radius 1 is 1.04 bits per heavy atom.